The highest BCUT2D eigenvalue weighted by molar-refractivity contribution is 9.10. The van der Waals surface area contributed by atoms with E-state index in [0.29, 0.717) is 6.54 Å². The average molecular weight is 322 g/mol. The van der Waals surface area contributed by atoms with E-state index in [9.17, 15) is 4.79 Å². The van der Waals surface area contributed by atoms with Crippen LogP contribution in [0.3, 0.4) is 0 Å². The number of nitrogens with zero attached hydrogens (tertiary/aromatic N) is 2. The number of halogens is 1. The Balaban J connectivity index is 2.34. The van der Waals surface area contributed by atoms with Crippen molar-refractivity contribution in [2.75, 3.05) is 11.4 Å². The molecule has 4 nitrogen and oxygen atoms in total. The zero-order valence-electron chi connectivity index (χ0n) is 11.0. The third-order valence-corrected chi connectivity index (χ3v) is 3.68. The standard InChI is InChI=1S/C14H16BrN3O/c1-14(2)9-18(11-5-3-10(15)4-6-11)12(7-8-16)13(19)17-14/h3-6,12H,7,9H2,1-2H3,(H,17,19). The van der Waals surface area contributed by atoms with Gasteiger partial charge in [0, 0.05) is 16.7 Å². The average Bonchev–Trinajstić information content (AvgIpc) is 2.33. The van der Waals surface area contributed by atoms with Crippen molar-refractivity contribution in [3.63, 3.8) is 0 Å². The molecule has 5 heteroatoms. The fourth-order valence-corrected chi connectivity index (χ4v) is 2.59. The second kappa shape index (κ2) is 5.22. The number of nitrogens with one attached hydrogen (secondary N) is 1. The van der Waals surface area contributed by atoms with Gasteiger partial charge >= 0.3 is 0 Å². The molecule has 1 atom stereocenters. The molecular formula is C14H16BrN3O. The van der Waals surface area contributed by atoms with E-state index in [-0.39, 0.29) is 17.9 Å². The van der Waals surface area contributed by atoms with Gasteiger partial charge in [-0.05, 0) is 38.1 Å². The molecule has 100 valence electrons. The van der Waals surface area contributed by atoms with E-state index in [0.717, 1.165) is 10.2 Å². The van der Waals surface area contributed by atoms with Crippen LogP contribution in [0.5, 0.6) is 0 Å². The van der Waals surface area contributed by atoms with Crippen LogP contribution in [0.15, 0.2) is 28.7 Å². The first kappa shape index (κ1) is 13.9. The largest absolute Gasteiger partial charge is 0.356 e. The maximum Gasteiger partial charge on any atom is 0.244 e. The van der Waals surface area contributed by atoms with E-state index >= 15 is 0 Å². The van der Waals surface area contributed by atoms with Gasteiger partial charge in [0.05, 0.1) is 18.0 Å². The highest BCUT2D eigenvalue weighted by atomic mass is 79.9. The van der Waals surface area contributed by atoms with Gasteiger partial charge < -0.3 is 10.2 Å². The van der Waals surface area contributed by atoms with E-state index in [1.165, 1.54) is 0 Å². The number of rotatable bonds is 2. The quantitative estimate of drug-likeness (QED) is 0.910. The normalized spacial score (nSPS) is 21.7. The van der Waals surface area contributed by atoms with Crippen LogP contribution in [0, 0.1) is 11.3 Å². The van der Waals surface area contributed by atoms with Gasteiger partial charge in [0.25, 0.3) is 0 Å². The van der Waals surface area contributed by atoms with Crippen LogP contribution >= 0.6 is 15.9 Å². The molecule has 0 aliphatic carbocycles. The maximum atomic E-state index is 12.1. The summed E-state index contributed by atoms with van der Waals surface area (Å²) in [6.07, 6.45) is 0.192. The smallest absolute Gasteiger partial charge is 0.244 e. The second-order valence-corrected chi connectivity index (χ2v) is 6.27. The zero-order valence-corrected chi connectivity index (χ0v) is 12.6. The molecule has 1 aliphatic heterocycles. The van der Waals surface area contributed by atoms with Crippen LogP contribution in [0.2, 0.25) is 0 Å². The Bertz CT molecular complexity index is 518. The fourth-order valence-electron chi connectivity index (χ4n) is 2.33. The van der Waals surface area contributed by atoms with Crippen LogP contribution in [-0.2, 0) is 4.79 Å². The van der Waals surface area contributed by atoms with Crippen molar-refractivity contribution < 1.29 is 4.79 Å². The molecule has 0 spiro atoms. The molecule has 1 fully saturated rings. The molecular weight excluding hydrogens is 306 g/mol. The lowest BCUT2D eigenvalue weighted by Gasteiger charge is -2.44. The van der Waals surface area contributed by atoms with E-state index in [1.807, 2.05) is 43.0 Å². The molecule has 1 saturated heterocycles. The lowest BCUT2D eigenvalue weighted by molar-refractivity contribution is -0.125. The molecule has 1 aromatic carbocycles. The molecule has 0 saturated carbocycles. The van der Waals surface area contributed by atoms with Crippen molar-refractivity contribution in [1.29, 1.82) is 5.26 Å². The highest BCUT2D eigenvalue weighted by Crippen LogP contribution is 2.26. The zero-order chi connectivity index (χ0) is 14.0. The minimum Gasteiger partial charge on any atom is -0.356 e. The number of anilines is 1. The van der Waals surface area contributed by atoms with Gasteiger partial charge in [-0.15, -0.1) is 0 Å². The minimum absolute atomic E-state index is 0.0827. The van der Waals surface area contributed by atoms with Crippen LogP contribution in [0.4, 0.5) is 5.69 Å². The molecule has 1 amide bonds. The third-order valence-electron chi connectivity index (χ3n) is 3.15. The van der Waals surface area contributed by atoms with Gasteiger partial charge in [-0.3, -0.25) is 4.79 Å². The van der Waals surface area contributed by atoms with Crippen molar-refractivity contribution in [3.8, 4) is 6.07 Å². The van der Waals surface area contributed by atoms with E-state index in [4.69, 9.17) is 5.26 Å². The topological polar surface area (TPSA) is 56.1 Å². The van der Waals surface area contributed by atoms with Gasteiger partial charge in [0.15, 0.2) is 0 Å². The summed E-state index contributed by atoms with van der Waals surface area (Å²) < 4.78 is 0.994. The number of benzene rings is 1. The number of hydrogen-bond acceptors (Lipinski definition) is 3. The molecule has 1 unspecified atom stereocenters. The molecule has 2 rings (SSSR count). The highest BCUT2D eigenvalue weighted by Gasteiger charge is 2.38. The third kappa shape index (κ3) is 3.07. The van der Waals surface area contributed by atoms with Crippen molar-refractivity contribution in [3.05, 3.63) is 28.7 Å². The molecule has 0 bridgehead atoms. The van der Waals surface area contributed by atoms with Gasteiger partial charge in [-0.1, -0.05) is 15.9 Å². The van der Waals surface area contributed by atoms with Crippen molar-refractivity contribution in [2.45, 2.75) is 31.8 Å². The Morgan fingerprint density at radius 3 is 2.68 bits per heavy atom. The number of hydrogen-bond donors (Lipinski definition) is 1. The molecule has 1 N–H and O–H groups in total. The number of carbonyl (C=O) groups excluding carboxylic acids is 1. The Labute approximate surface area is 121 Å². The summed E-state index contributed by atoms with van der Waals surface area (Å²) in [4.78, 5) is 14.1. The summed E-state index contributed by atoms with van der Waals surface area (Å²) in [5, 5.41) is 11.9. The maximum absolute atomic E-state index is 12.1. The summed E-state index contributed by atoms with van der Waals surface area (Å²) in [5.74, 6) is -0.0827. The summed E-state index contributed by atoms with van der Waals surface area (Å²) in [5.41, 5.74) is 0.669. The number of nitriles is 1. The Morgan fingerprint density at radius 2 is 2.11 bits per heavy atom. The van der Waals surface area contributed by atoms with Crippen molar-refractivity contribution >= 4 is 27.5 Å². The Hall–Kier alpha value is -1.54. The van der Waals surface area contributed by atoms with Gasteiger partial charge in [0.1, 0.15) is 6.04 Å². The molecule has 1 aromatic rings. The molecule has 1 aliphatic rings. The van der Waals surface area contributed by atoms with Gasteiger partial charge in [-0.2, -0.15) is 5.26 Å². The van der Waals surface area contributed by atoms with Crippen LogP contribution < -0.4 is 10.2 Å². The van der Waals surface area contributed by atoms with E-state index in [2.05, 4.69) is 27.3 Å². The SMILES string of the molecule is CC1(C)CN(c2ccc(Br)cc2)C(CC#N)C(=O)N1. The van der Waals surface area contributed by atoms with Crippen LogP contribution in [-0.4, -0.2) is 24.0 Å². The lowest BCUT2D eigenvalue weighted by atomic mass is 9.96. The van der Waals surface area contributed by atoms with E-state index in [1.54, 1.807) is 0 Å². The number of amides is 1. The van der Waals surface area contributed by atoms with Gasteiger partial charge in [-0.25, -0.2) is 0 Å². The summed E-state index contributed by atoms with van der Waals surface area (Å²) in [6.45, 7) is 4.66. The minimum atomic E-state index is -0.417. The molecule has 1 heterocycles. The lowest BCUT2D eigenvalue weighted by Crippen LogP contribution is -2.64. The summed E-state index contributed by atoms with van der Waals surface area (Å²) >= 11 is 3.40. The first-order valence-electron chi connectivity index (χ1n) is 6.14. The molecule has 19 heavy (non-hydrogen) atoms. The van der Waals surface area contributed by atoms with E-state index < -0.39 is 6.04 Å². The van der Waals surface area contributed by atoms with Gasteiger partial charge in [0.2, 0.25) is 5.91 Å². The number of carbonyl (C=O) groups is 1. The Kier molecular flexibility index (Phi) is 3.81. The second-order valence-electron chi connectivity index (χ2n) is 5.36. The number of piperazine rings is 1. The van der Waals surface area contributed by atoms with Crippen LogP contribution in [0.25, 0.3) is 0 Å². The Morgan fingerprint density at radius 1 is 1.47 bits per heavy atom. The first-order valence-corrected chi connectivity index (χ1v) is 6.93. The first-order chi connectivity index (χ1) is 8.93. The predicted molar refractivity (Wildman–Crippen MR) is 77.7 cm³/mol. The summed E-state index contributed by atoms with van der Waals surface area (Å²) in [6, 6.07) is 9.49. The molecule has 0 radical (unpaired) electrons. The van der Waals surface area contributed by atoms with Crippen molar-refractivity contribution in [2.24, 2.45) is 0 Å². The fraction of sp³-hybridized carbons (Fsp3) is 0.429. The summed E-state index contributed by atoms with van der Waals surface area (Å²) in [7, 11) is 0. The molecule has 0 aromatic heterocycles. The van der Waals surface area contributed by atoms with Crippen molar-refractivity contribution in [1.82, 2.24) is 5.32 Å². The monoisotopic (exact) mass is 321 g/mol. The predicted octanol–water partition coefficient (Wildman–Crippen LogP) is 2.45. The van der Waals surface area contributed by atoms with Crippen LogP contribution in [0.1, 0.15) is 20.3 Å².